The number of methoxy groups -OCH3 is 1. The van der Waals surface area contributed by atoms with E-state index < -0.39 is 0 Å². The van der Waals surface area contributed by atoms with Crippen LogP contribution in [0.3, 0.4) is 0 Å². The summed E-state index contributed by atoms with van der Waals surface area (Å²) in [5.74, 6) is 2.27. The van der Waals surface area contributed by atoms with Gasteiger partial charge in [0.2, 0.25) is 5.91 Å². The van der Waals surface area contributed by atoms with Crippen LogP contribution in [-0.2, 0) is 4.79 Å². The molecule has 3 atom stereocenters. The second-order valence-corrected chi connectivity index (χ2v) is 8.21. The van der Waals surface area contributed by atoms with Crippen LogP contribution in [0.25, 0.3) is 0 Å². The molecule has 1 saturated carbocycles. The molecule has 3 fully saturated rings. The van der Waals surface area contributed by atoms with Gasteiger partial charge in [-0.05, 0) is 49.8 Å². The maximum Gasteiger partial charge on any atom is 0.227 e. The van der Waals surface area contributed by atoms with Gasteiger partial charge in [-0.15, -0.1) is 24.8 Å². The van der Waals surface area contributed by atoms with E-state index in [1.54, 1.807) is 7.11 Å². The van der Waals surface area contributed by atoms with Crippen LogP contribution in [0.1, 0.15) is 32.1 Å². The van der Waals surface area contributed by atoms with E-state index in [2.05, 4.69) is 27.7 Å². The number of fused-ring (bicyclic) bond motifs is 1. The zero-order chi connectivity index (χ0) is 18.0. The van der Waals surface area contributed by atoms with Crippen molar-refractivity contribution in [2.45, 2.75) is 32.1 Å². The molecular weight excluding hydrogens is 397 g/mol. The summed E-state index contributed by atoms with van der Waals surface area (Å²) in [6, 6.07) is 8.20. The lowest BCUT2D eigenvalue weighted by atomic mass is 9.67. The molecule has 0 radical (unpaired) electrons. The number of carbonyl (C=O) groups excluding carboxylic acids is 1. The van der Waals surface area contributed by atoms with E-state index in [1.165, 1.54) is 19.3 Å². The average Bonchev–Trinajstić information content (AvgIpc) is 3.33. The molecule has 2 saturated heterocycles. The Morgan fingerprint density at radius 3 is 2.93 bits per heavy atom. The molecule has 3 aliphatic rings. The molecule has 158 valence electrons. The monoisotopic (exact) mass is 429 g/mol. The molecule has 1 aromatic rings. The topological polar surface area (TPSA) is 53.6 Å². The molecule has 0 bridgehead atoms. The van der Waals surface area contributed by atoms with E-state index in [4.69, 9.17) is 4.74 Å². The quantitative estimate of drug-likeness (QED) is 0.753. The first-order valence-corrected chi connectivity index (χ1v) is 10.1. The van der Waals surface area contributed by atoms with Crippen molar-refractivity contribution in [3.05, 3.63) is 24.3 Å². The van der Waals surface area contributed by atoms with E-state index >= 15 is 0 Å². The Kier molecular flexibility index (Phi) is 8.29. The molecule has 7 heteroatoms. The second kappa shape index (κ2) is 10.0. The predicted molar refractivity (Wildman–Crippen MR) is 118 cm³/mol. The molecule has 1 amide bonds. The minimum absolute atomic E-state index is 0. The van der Waals surface area contributed by atoms with Gasteiger partial charge in [0.25, 0.3) is 0 Å². The van der Waals surface area contributed by atoms with E-state index in [0.29, 0.717) is 17.7 Å². The molecule has 2 aliphatic heterocycles. The van der Waals surface area contributed by atoms with Crippen molar-refractivity contribution in [3.63, 3.8) is 0 Å². The number of ether oxygens (including phenoxy) is 1. The van der Waals surface area contributed by atoms with Gasteiger partial charge in [0, 0.05) is 26.2 Å². The summed E-state index contributed by atoms with van der Waals surface area (Å²) in [6.07, 6.45) is 5.83. The van der Waals surface area contributed by atoms with Crippen LogP contribution in [0.4, 0.5) is 5.69 Å². The van der Waals surface area contributed by atoms with Gasteiger partial charge in [0.1, 0.15) is 5.75 Å². The third-order valence-corrected chi connectivity index (χ3v) is 6.75. The molecule has 0 spiro atoms. The highest BCUT2D eigenvalue weighted by molar-refractivity contribution is 5.85. The van der Waals surface area contributed by atoms with Gasteiger partial charge in [-0.1, -0.05) is 25.0 Å². The highest BCUT2D eigenvalue weighted by Crippen LogP contribution is 2.44. The fourth-order valence-electron chi connectivity index (χ4n) is 5.21. The number of nitrogens with zero attached hydrogens (tertiary/aromatic N) is 1. The smallest absolute Gasteiger partial charge is 0.227 e. The van der Waals surface area contributed by atoms with Gasteiger partial charge in [0.15, 0.2) is 0 Å². The number of hydrogen-bond donors (Lipinski definition) is 2. The van der Waals surface area contributed by atoms with E-state index in [-0.39, 0.29) is 30.2 Å². The molecule has 1 unspecified atom stereocenters. The summed E-state index contributed by atoms with van der Waals surface area (Å²) in [4.78, 5) is 15.4. The van der Waals surface area contributed by atoms with Crippen LogP contribution in [0.5, 0.6) is 5.75 Å². The van der Waals surface area contributed by atoms with Crippen molar-refractivity contribution in [2.75, 3.05) is 44.7 Å². The molecule has 5 nitrogen and oxygen atoms in total. The third-order valence-electron chi connectivity index (χ3n) is 6.75. The molecule has 1 aliphatic carbocycles. The molecular formula is C21H33Cl2N3O2. The Morgan fingerprint density at radius 1 is 1.29 bits per heavy atom. The van der Waals surface area contributed by atoms with Crippen molar-refractivity contribution in [1.29, 1.82) is 0 Å². The van der Waals surface area contributed by atoms with Gasteiger partial charge in [0.05, 0.1) is 18.2 Å². The Hall–Kier alpha value is -1.17. The van der Waals surface area contributed by atoms with Gasteiger partial charge in [-0.25, -0.2) is 0 Å². The van der Waals surface area contributed by atoms with Crippen molar-refractivity contribution in [2.24, 2.45) is 17.3 Å². The molecule has 2 heterocycles. The first-order valence-electron chi connectivity index (χ1n) is 10.1. The van der Waals surface area contributed by atoms with Gasteiger partial charge in [-0.2, -0.15) is 0 Å². The van der Waals surface area contributed by atoms with E-state index in [1.807, 2.05) is 12.1 Å². The maximum absolute atomic E-state index is 13.0. The van der Waals surface area contributed by atoms with Gasteiger partial charge in [-0.3, -0.25) is 4.79 Å². The predicted octanol–water partition coefficient (Wildman–Crippen LogP) is 3.26. The molecule has 2 N–H and O–H groups in total. The average molecular weight is 430 g/mol. The van der Waals surface area contributed by atoms with Crippen LogP contribution in [0.2, 0.25) is 0 Å². The molecule has 28 heavy (non-hydrogen) atoms. The lowest BCUT2D eigenvalue weighted by Gasteiger charge is -2.37. The van der Waals surface area contributed by atoms with Crippen LogP contribution in [0.15, 0.2) is 24.3 Å². The van der Waals surface area contributed by atoms with Gasteiger partial charge < -0.3 is 20.3 Å². The summed E-state index contributed by atoms with van der Waals surface area (Å²) in [5, 5.41) is 6.79. The zero-order valence-electron chi connectivity index (χ0n) is 16.6. The molecule has 0 aromatic heterocycles. The minimum atomic E-state index is -0.140. The Bertz CT molecular complexity index is 660. The SMILES string of the molecule is COc1ccccc1N1CCC(CNC(=O)[C@@]23CCCC[C@H]2CNC3)C1.Cl.Cl. The van der Waals surface area contributed by atoms with Crippen molar-refractivity contribution in [3.8, 4) is 5.75 Å². The Labute approximate surface area is 180 Å². The van der Waals surface area contributed by atoms with E-state index in [9.17, 15) is 4.79 Å². The normalized spacial score (nSPS) is 28.7. The lowest BCUT2D eigenvalue weighted by Crippen LogP contribution is -2.49. The largest absolute Gasteiger partial charge is 0.495 e. The summed E-state index contributed by atoms with van der Waals surface area (Å²) < 4.78 is 5.50. The standard InChI is InChI=1S/C21H31N3O2.2ClH/c1-26-19-8-3-2-7-18(19)24-11-9-16(14-24)12-23-20(25)21-10-5-4-6-17(21)13-22-15-21;;/h2-3,7-8,16-17,22H,4-6,9-15H2,1H3,(H,23,25);2*1H/t16?,17-,21+;;/m0../s1. The van der Waals surface area contributed by atoms with Crippen LogP contribution in [0, 0.1) is 17.3 Å². The number of halogens is 2. The Balaban J connectivity index is 0.00000140. The first kappa shape index (κ1) is 23.1. The number of benzene rings is 1. The van der Waals surface area contributed by atoms with Crippen molar-refractivity contribution >= 4 is 36.4 Å². The second-order valence-electron chi connectivity index (χ2n) is 8.21. The summed E-state index contributed by atoms with van der Waals surface area (Å²) >= 11 is 0. The lowest BCUT2D eigenvalue weighted by molar-refractivity contribution is -0.134. The summed E-state index contributed by atoms with van der Waals surface area (Å²) in [5.41, 5.74) is 1.02. The van der Waals surface area contributed by atoms with Crippen molar-refractivity contribution < 1.29 is 9.53 Å². The minimum Gasteiger partial charge on any atom is -0.495 e. The van der Waals surface area contributed by atoms with Crippen LogP contribution in [-0.4, -0.2) is 45.7 Å². The molecule has 4 rings (SSSR count). The number of hydrogen-bond acceptors (Lipinski definition) is 4. The summed E-state index contributed by atoms with van der Waals surface area (Å²) in [6.45, 7) is 4.67. The Morgan fingerprint density at radius 2 is 2.11 bits per heavy atom. The first-order chi connectivity index (χ1) is 12.7. The number of para-hydroxylation sites is 2. The van der Waals surface area contributed by atoms with Crippen molar-refractivity contribution in [1.82, 2.24) is 10.6 Å². The molecule has 1 aromatic carbocycles. The number of carbonyl (C=O) groups is 1. The van der Waals surface area contributed by atoms with Crippen LogP contribution < -0.4 is 20.3 Å². The number of anilines is 1. The third kappa shape index (κ3) is 4.37. The van der Waals surface area contributed by atoms with E-state index in [0.717, 1.165) is 57.0 Å². The fourth-order valence-corrected chi connectivity index (χ4v) is 5.21. The van der Waals surface area contributed by atoms with Crippen LogP contribution >= 0.6 is 24.8 Å². The highest BCUT2D eigenvalue weighted by atomic mass is 35.5. The summed E-state index contributed by atoms with van der Waals surface area (Å²) in [7, 11) is 1.72. The maximum atomic E-state index is 13.0. The number of nitrogens with one attached hydrogen (secondary N) is 2. The van der Waals surface area contributed by atoms with Gasteiger partial charge >= 0.3 is 0 Å². The fraction of sp³-hybridized carbons (Fsp3) is 0.667. The number of amides is 1. The highest BCUT2D eigenvalue weighted by Gasteiger charge is 2.49. The zero-order valence-corrected chi connectivity index (χ0v) is 18.2. The number of rotatable bonds is 5.